The Labute approximate surface area is 266 Å². The number of carbonyl (C=O) groups excluding carboxylic acids is 1. The van der Waals surface area contributed by atoms with Gasteiger partial charge in [0, 0.05) is 10.0 Å². The van der Waals surface area contributed by atoms with Gasteiger partial charge in [0.15, 0.2) is 0 Å². The zero-order valence-corrected chi connectivity index (χ0v) is 26.2. The molecule has 230 valence electrons. The monoisotopic (exact) mass is 655 g/mol. The van der Waals surface area contributed by atoms with E-state index in [1.54, 1.807) is 77.7 Å². The van der Waals surface area contributed by atoms with Gasteiger partial charge >= 0.3 is 5.97 Å². The third-order valence-electron chi connectivity index (χ3n) is 7.96. The summed E-state index contributed by atoms with van der Waals surface area (Å²) in [6.45, 7) is 1.69. The largest absolute Gasteiger partial charge is 0.481 e. The summed E-state index contributed by atoms with van der Waals surface area (Å²) in [6.07, 6.45) is -1.43. The molecule has 1 heterocycles. The summed E-state index contributed by atoms with van der Waals surface area (Å²) in [7, 11) is -3.88. The van der Waals surface area contributed by atoms with Gasteiger partial charge in [-0.25, -0.2) is 8.42 Å². The third kappa shape index (κ3) is 6.57. The van der Waals surface area contributed by atoms with Crippen molar-refractivity contribution < 1.29 is 27.9 Å². The summed E-state index contributed by atoms with van der Waals surface area (Å²) in [5, 5.41) is 19.9. The summed E-state index contributed by atoms with van der Waals surface area (Å²) in [5.74, 6) is -1.79. The molecule has 9 nitrogen and oxygen atoms in total. The van der Waals surface area contributed by atoms with Crippen molar-refractivity contribution in [2.45, 2.75) is 62.1 Å². The number of hydrogen-bond donors (Lipinski definition) is 1. The summed E-state index contributed by atoms with van der Waals surface area (Å²) >= 11 is 12.6. The highest BCUT2D eigenvalue weighted by atomic mass is 35.5. The number of benzene rings is 3. The molecule has 12 heteroatoms. The summed E-state index contributed by atoms with van der Waals surface area (Å²) in [4.78, 5) is 27.7. The molecule has 0 spiro atoms. The maximum absolute atomic E-state index is 14.3. The minimum Gasteiger partial charge on any atom is -0.481 e. The minimum atomic E-state index is -3.88. The molecule has 2 unspecified atom stereocenters. The van der Waals surface area contributed by atoms with Crippen molar-refractivity contribution in [1.29, 1.82) is 5.26 Å². The zero-order chi connectivity index (χ0) is 31.6. The molecule has 1 saturated carbocycles. The van der Waals surface area contributed by atoms with Gasteiger partial charge in [0.2, 0.25) is 10.0 Å². The molecule has 0 radical (unpaired) electrons. The first kappa shape index (κ1) is 31.8. The van der Waals surface area contributed by atoms with Gasteiger partial charge in [0.1, 0.15) is 18.3 Å². The third-order valence-corrected chi connectivity index (χ3v) is 10.7. The number of carbonyl (C=O) groups is 2. The second kappa shape index (κ2) is 13.2. The van der Waals surface area contributed by atoms with E-state index in [0.29, 0.717) is 40.4 Å². The lowest BCUT2D eigenvalue weighted by molar-refractivity contribution is -0.183. The number of amides is 1. The number of sulfonamides is 1. The highest BCUT2D eigenvalue weighted by molar-refractivity contribution is 7.93. The Hall–Kier alpha value is -3.62. The van der Waals surface area contributed by atoms with Crippen molar-refractivity contribution in [1.82, 2.24) is 4.90 Å². The van der Waals surface area contributed by atoms with Crippen LogP contribution in [0.15, 0.2) is 72.8 Å². The van der Waals surface area contributed by atoms with Gasteiger partial charge in [-0.3, -0.25) is 13.9 Å². The van der Waals surface area contributed by atoms with Gasteiger partial charge in [-0.2, -0.15) is 5.26 Å². The number of carboxylic acids is 1. The van der Waals surface area contributed by atoms with Crippen LogP contribution >= 0.6 is 23.2 Å². The standard InChI is InChI=1S/C32H31Cl2N3O6S/c1-2-25(19-36(44(41,42)26-14-15-26)27-9-4-3-6-22(27)18-35)37-30(20-10-12-23(33)13-11-20)31(21-7-5-8-24(34)16-21)43-28(32(37)40)17-29(38)39/h3-13,16,25-26,28,30-31H,2,14-15,17,19H2,1H3,(H,38,39)/t25?,28?,30-,31-/m1/s1. The van der Waals surface area contributed by atoms with Crippen molar-refractivity contribution in [2.24, 2.45) is 0 Å². The van der Waals surface area contributed by atoms with Gasteiger partial charge < -0.3 is 14.7 Å². The normalized spacial score (nSPS) is 21.0. The average molecular weight is 657 g/mol. The van der Waals surface area contributed by atoms with E-state index in [-0.39, 0.29) is 17.8 Å². The molecule has 2 aliphatic rings. The van der Waals surface area contributed by atoms with Crippen LogP contribution in [-0.4, -0.2) is 54.2 Å². The second-order valence-corrected chi connectivity index (χ2v) is 13.9. The molecular formula is C32H31Cl2N3O6S. The van der Waals surface area contributed by atoms with Crippen LogP contribution < -0.4 is 4.31 Å². The number of para-hydroxylation sites is 1. The smallest absolute Gasteiger partial charge is 0.306 e. The fraction of sp³-hybridized carbons (Fsp3) is 0.344. The van der Waals surface area contributed by atoms with Crippen molar-refractivity contribution in [2.75, 3.05) is 10.8 Å². The fourth-order valence-corrected chi connectivity index (χ4v) is 7.91. The Morgan fingerprint density at radius 1 is 1.07 bits per heavy atom. The van der Waals surface area contributed by atoms with E-state index in [4.69, 9.17) is 27.9 Å². The molecule has 0 bridgehead atoms. The minimum absolute atomic E-state index is 0.147. The first-order chi connectivity index (χ1) is 21.0. The van der Waals surface area contributed by atoms with E-state index >= 15 is 0 Å². The fourth-order valence-electron chi connectivity index (χ4n) is 5.68. The molecule has 5 rings (SSSR count). The van der Waals surface area contributed by atoms with Gasteiger partial charge in [-0.1, -0.05) is 66.5 Å². The lowest BCUT2D eigenvalue weighted by Crippen LogP contribution is -2.58. The number of rotatable bonds is 11. The highest BCUT2D eigenvalue weighted by Gasteiger charge is 2.49. The topological polar surface area (TPSA) is 128 Å². The molecule has 1 saturated heterocycles. The van der Waals surface area contributed by atoms with E-state index in [0.717, 1.165) is 0 Å². The molecule has 44 heavy (non-hydrogen) atoms. The number of halogens is 2. The molecule has 4 atom stereocenters. The molecule has 2 fully saturated rings. The number of aliphatic carboxylic acids is 1. The van der Waals surface area contributed by atoms with Crippen molar-refractivity contribution >= 4 is 50.8 Å². The van der Waals surface area contributed by atoms with Crippen LogP contribution in [0.2, 0.25) is 10.0 Å². The Balaban J connectivity index is 1.67. The maximum atomic E-state index is 14.3. The lowest BCUT2D eigenvalue weighted by Gasteiger charge is -2.48. The predicted molar refractivity (Wildman–Crippen MR) is 167 cm³/mol. The number of anilines is 1. The number of hydrogen-bond acceptors (Lipinski definition) is 6. The number of nitriles is 1. The maximum Gasteiger partial charge on any atom is 0.306 e. The van der Waals surface area contributed by atoms with Crippen LogP contribution in [0.5, 0.6) is 0 Å². The van der Waals surface area contributed by atoms with Crippen LogP contribution in [-0.2, 0) is 24.3 Å². The van der Waals surface area contributed by atoms with Crippen LogP contribution in [0.1, 0.15) is 61.4 Å². The molecule has 1 amide bonds. The van der Waals surface area contributed by atoms with Crippen LogP contribution in [0.3, 0.4) is 0 Å². The van der Waals surface area contributed by atoms with Crippen molar-refractivity contribution in [3.63, 3.8) is 0 Å². The van der Waals surface area contributed by atoms with E-state index in [2.05, 4.69) is 6.07 Å². The summed E-state index contributed by atoms with van der Waals surface area (Å²) in [6, 6.07) is 20.9. The van der Waals surface area contributed by atoms with E-state index in [1.807, 2.05) is 6.92 Å². The van der Waals surface area contributed by atoms with Crippen LogP contribution in [0.4, 0.5) is 5.69 Å². The Morgan fingerprint density at radius 2 is 1.77 bits per heavy atom. The Bertz CT molecular complexity index is 1690. The molecule has 1 aliphatic carbocycles. The quantitative estimate of drug-likeness (QED) is 0.263. The predicted octanol–water partition coefficient (Wildman–Crippen LogP) is 6.13. The first-order valence-electron chi connectivity index (χ1n) is 14.3. The van der Waals surface area contributed by atoms with Gasteiger partial charge in [0.25, 0.3) is 5.91 Å². The molecule has 1 N–H and O–H groups in total. The average Bonchev–Trinajstić information content (AvgIpc) is 3.86. The first-order valence-corrected chi connectivity index (χ1v) is 16.5. The van der Waals surface area contributed by atoms with E-state index in [1.165, 1.54) is 4.31 Å². The van der Waals surface area contributed by atoms with Crippen LogP contribution in [0, 0.1) is 11.3 Å². The summed E-state index contributed by atoms with van der Waals surface area (Å²) in [5.41, 5.74) is 1.71. The lowest BCUT2D eigenvalue weighted by atomic mass is 9.89. The van der Waals surface area contributed by atoms with Crippen molar-refractivity contribution in [3.8, 4) is 6.07 Å². The number of nitrogens with zero attached hydrogens (tertiary/aromatic N) is 3. The van der Waals surface area contributed by atoms with Gasteiger partial charge in [-0.15, -0.1) is 0 Å². The van der Waals surface area contributed by atoms with E-state index < -0.39 is 57.9 Å². The molecule has 3 aromatic carbocycles. The Kier molecular flexibility index (Phi) is 9.51. The molecule has 3 aromatic rings. The van der Waals surface area contributed by atoms with Crippen LogP contribution in [0.25, 0.3) is 0 Å². The second-order valence-electron chi connectivity index (χ2n) is 10.9. The van der Waals surface area contributed by atoms with E-state index in [9.17, 15) is 28.4 Å². The number of morpholine rings is 1. The molecule has 0 aromatic heterocycles. The summed E-state index contributed by atoms with van der Waals surface area (Å²) < 4.78 is 35.3. The SMILES string of the molecule is CCC(CN(c1ccccc1C#N)S(=O)(=O)C1CC1)N1C(=O)C(CC(=O)O)O[C@H](c2cccc(Cl)c2)[C@H]1c1ccc(Cl)cc1. The Morgan fingerprint density at radius 3 is 2.39 bits per heavy atom. The highest BCUT2D eigenvalue weighted by Crippen LogP contribution is 2.45. The number of ether oxygens (including phenoxy) is 1. The van der Waals surface area contributed by atoms with Gasteiger partial charge in [-0.05, 0) is 66.8 Å². The number of carboxylic acid groups (broad SMARTS) is 1. The molecular weight excluding hydrogens is 625 g/mol. The molecule has 1 aliphatic heterocycles. The zero-order valence-electron chi connectivity index (χ0n) is 23.8. The van der Waals surface area contributed by atoms with Crippen molar-refractivity contribution in [3.05, 3.63) is 99.5 Å². The van der Waals surface area contributed by atoms with Gasteiger partial charge in [0.05, 0.1) is 41.6 Å².